The number of nitrogens with one attached hydrogen (secondary N) is 2. The van der Waals surface area contributed by atoms with Crippen molar-refractivity contribution in [3.05, 3.63) is 29.8 Å². The lowest BCUT2D eigenvalue weighted by molar-refractivity contribution is -0.120. The fourth-order valence-corrected chi connectivity index (χ4v) is 2.46. The summed E-state index contributed by atoms with van der Waals surface area (Å²) in [6.07, 6.45) is 5.36. The Morgan fingerprint density at radius 3 is 2.43 bits per heavy atom. The Kier molecular flexibility index (Phi) is 5.57. The molecule has 6 heteroatoms. The van der Waals surface area contributed by atoms with E-state index in [1.807, 2.05) is 0 Å². The summed E-state index contributed by atoms with van der Waals surface area (Å²) >= 11 is 0. The van der Waals surface area contributed by atoms with Gasteiger partial charge in [0, 0.05) is 6.04 Å². The SMILES string of the molecule is NNC(=O)Cc1ccc(OC(=O)NC2CCCCC2)cc1. The number of hydrogen-bond donors (Lipinski definition) is 3. The molecule has 1 aliphatic carbocycles. The lowest BCUT2D eigenvalue weighted by atomic mass is 9.96. The zero-order chi connectivity index (χ0) is 15.1. The van der Waals surface area contributed by atoms with E-state index in [4.69, 9.17) is 10.6 Å². The van der Waals surface area contributed by atoms with Crippen molar-refractivity contribution in [1.82, 2.24) is 10.7 Å². The molecule has 0 aliphatic heterocycles. The van der Waals surface area contributed by atoms with Crippen LogP contribution in [0.4, 0.5) is 4.79 Å². The zero-order valence-electron chi connectivity index (χ0n) is 11.9. The number of carbonyl (C=O) groups excluding carboxylic acids is 2. The highest BCUT2D eigenvalue weighted by Gasteiger charge is 2.16. The van der Waals surface area contributed by atoms with Crippen LogP contribution in [0, 0.1) is 0 Å². The minimum absolute atomic E-state index is 0.199. The van der Waals surface area contributed by atoms with Crippen molar-refractivity contribution in [3.8, 4) is 5.75 Å². The Morgan fingerprint density at radius 2 is 1.81 bits per heavy atom. The maximum Gasteiger partial charge on any atom is 0.412 e. The lowest BCUT2D eigenvalue weighted by Gasteiger charge is -2.22. The minimum Gasteiger partial charge on any atom is -0.410 e. The predicted molar refractivity (Wildman–Crippen MR) is 78.5 cm³/mol. The second-order valence-electron chi connectivity index (χ2n) is 5.26. The van der Waals surface area contributed by atoms with Crippen LogP contribution in [0.2, 0.25) is 0 Å². The van der Waals surface area contributed by atoms with Gasteiger partial charge in [-0.25, -0.2) is 10.6 Å². The van der Waals surface area contributed by atoms with Crippen molar-refractivity contribution >= 4 is 12.0 Å². The summed E-state index contributed by atoms with van der Waals surface area (Å²) in [4.78, 5) is 22.9. The summed E-state index contributed by atoms with van der Waals surface area (Å²) in [6.45, 7) is 0. The van der Waals surface area contributed by atoms with E-state index in [9.17, 15) is 9.59 Å². The molecule has 21 heavy (non-hydrogen) atoms. The summed E-state index contributed by atoms with van der Waals surface area (Å²) in [5, 5.41) is 2.88. The largest absolute Gasteiger partial charge is 0.412 e. The van der Waals surface area contributed by atoms with Gasteiger partial charge in [0.2, 0.25) is 5.91 Å². The van der Waals surface area contributed by atoms with Crippen LogP contribution < -0.4 is 21.3 Å². The summed E-state index contributed by atoms with van der Waals surface area (Å²) in [5.41, 5.74) is 2.88. The molecule has 0 bridgehead atoms. The maximum atomic E-state index is 11.8. The topological polar surface area (TPSA) is 93.4 Å². The van der Waals surface area contributed by atoms with Gasteiger partial charge in [-0.2, -0.15) is 0 Å². The molecule has 1 saturated carbocycles. The van der Waals surface area contributed by atoms with E-state index in [0.717, 1.165) is 31.2 Å². The number of nitrogens with two attached hydrogens (primary N) is 1. The number of amides is 2. The third-order valence-corrected chi connectivity index (χ3v) is 3.59. The predicted octanol–water partition coefficient (Wildman–Crippen LogP) is 1.64. The molecule has 1 aliphatic rings. The van der Waals surface area contributed by atoms with Crippen LogP contribution in [0.1, 0.15) is 37.7 Å². The van der Waals surface area contributed by atoms with Gasteiger partial charge in [-0.3, -0.25) is 10.2 Å². The highest BCUT2D eigenvalue weighted by molar-refractivity contribution is 5.78. The van der Waals surface area contributed by atoms with Crippen LogP contribution in [-0.4, -0.2) is 18.0 Å². The highest BCUT2D eigenvalue weighted by Crippen LogP contribution is 2.18. The average molecular weight is 291 g/mol. The normalized spacial score (nSPS) is 15.3. The van der Waals surface area contributed by atoms with Crippen LogP contribution in [0.25, 0.3) is 0 Å². The summed E-state index contributed by atoms with van der Waals surface area (Å²) < 4.78 is 5.23. The number of carbonyl (C=O) groups is 2. The van der Waals surface area contributed by atoms with Crippen molar-refractivity contribution in [2.24, 2.45) is 5.84 Å². The van der Waals surface area contributed by atoms with Crippen LogP contribution in [0.15, 0.2) is 24.3 Å². The lowest BCUT2D eigenvalue weighted by Crippen LogP contribution is -2.38. The molecular formula is C15H21N3O3. The van der Waals surface area contributed by atoms with Gasteiger partial charge < -0.3 is 10.1 Å². The molecular weight excluding hydrogens is 270 g/mol. The van der Waals surface area contributed by atoms with Crippen molar-refractivity contribution in [2.45, 2.75) is 44.6 Å². The first-order valence-corrected chi connectivity index (χ1v) is 7.24. The Morgan fingerprint density at radius 1 is 1.14 bits per heavy atom. The molecule has 0 aromatic heterocycles. The van der Waals surface area contributed by atoms with E-state index in [0.29, 0.717) is 5.75 Å². The molecule has 2 rings (SSSR count). The molecule has 6 nitrogen and oxygen atoms in total. The highest BCUT2D eigenvalue weighted by atomic mass is 16.6. The molecule has 0 heterocycles. The van der Waals surface area contributed by atoms with Gasteiger partial charge in [0.15, 0.2) is 0 Å². The number of rotatable bonds is 4. The third-order valence-electron chi connectivity index (χ3n) is 3.59. The molecule has 0 atom stereocenters. The number of ether oxygens (including phenoxy) is 1. The van der Waals surface area contributed by atoms with Gasteiger partial charge in [-0.15, -0.1) is 0 Å². The van der Waals surface area contributed by atoms with Crippen LogP contribution in [-0.2, 0) is 11.2 Å². The second-order valence-corrected chi connectivity index (χ2v) is 5.26. The number of hydrazine groups is 1. The van der Waals surface area contributed by atoms with Gasteiger partial charge in [-0.05, 0) is 30.5 Å². The van der Waals surface area contributed by atoms with Crippen molar-refractivity contribution in [2.75, 3.05) is 0 Å². The van der Waals surface area contributed by atoms with Gasteiger partial charge in [0.25, 0.3) is 0 Å². The van der Waals surface area contributed by atoms with Gasteiger partial charge in [0.1, 0.15) is 5.75 Å². The summed E-state index contributed by atoms with van der Waals surface area (Å²) in [6, 6.07) is 7.02. The molecule has 0 saturated heterocycles. The molecule has 1 aromatic rings. The van der Waals surface area contributed by atoms with E-state index in [1.54, 1.807) is 24.3 Å². The molecule has 0 radical (unpaired) electrons. The maximum absolute atomic E-state index is 11.8. The first-order valence-electron chi connectivity index (χ1n) is 7.24. The van der Waals surface area contributed by atoms with Crippen LogP contribution in [0.5, 0.6) is 5.75 Å². The second kappa shape index (κ2) is 7.64. The number of benzene rings is 1. The van der Waals surface area contributed by atoms with Crippen molar-refractivity contribution < 1.29 is 14.3 Å². The van der Waals surface area contributed by atoms with Crippen LogP contribution in [0.3, 0.4) is 0 Å². The quantitative estimate of drug-likeness (QED) is 0.446. The van der Waals surface area contributed by atoms with Gasteiger partial charge >= 0.3 is 6.09 Å². The molecule has 0 unspecified atom stereocenters. The summed E-state index contributed by atoms with van der Waals surface area (Å²) in [7, 11) is 0. The van der Waals surface area contributed by atoms with Crippen LogP contribution >= 0.6 is 0 Å². The molecule has 2 amide bonds. The summed E-state index contributed by atoms with van der Waals surface area (Å²) in [5.74, 6) is 5.22. The first-order chi connectivity index (χ1) is 10.2. The van der Waals surface area contributed by atoms with E-state index >= 15 is 0 Å². The zero-order valence-corrected chi connectivity index (χ0v) is 11.9. The standard InChI is InChI=1S/C15H21N3O3/c16-18-14(19)10-11-6-8-13(9-7-11)21-15(20)17-12-4-2-1-3-5-12/h6-9,12H,1-5,10,16H2,(H,17,20)(H,18,19). The monoisotopic (exact) mass is 291 g/mol. The smallest absolute Gasteiger partial charge is 0.410 e. The van der Waals surface area contributed by atoms with Crippen molar-refractivity contribution in [1.29, 1.82) is 0 Å². The van der Waals surface area contributed by atoms with Gasteiger partial charge in [0.05, 0.1) is 6.42 Å². The third kappa shape index (κ3) is 5.07. The fourth-order valence-electron chi connectivity index (χ4n) is 2.46. The molecule has 0 spiro atoms. The first kappa shape index (κ1) is 15.3. The minimum atomic E-state index is -0.422. The Hall–Kier alpha value is -2.08. The van der Waals surface area contributed by atoms with Crippen molar-refractivity contribution in [3.63, 3.8) is 0 Å². The average Bonchev–Trinajstić information content (AvgIpc) is 2.50. The molecule has 4 N–H and O–H groups in total. The van der Waals surface area contributed by atoms with E-state index < -0.39 is 6.09 Å². The molecule has 114 valence electrons. The molecule has 1 fully saturated rings. The molecule has 1 aromatic carbocycles. The number of hydrogen-bond acceptors (Lipinski definition) is 4. The van der Waals surface area contributed by atoms with Gasteiger partial charge in [-0.1, -0.05) is 31.4 Å². The Bertz CT molecular complexity index is 481. The van der Waals surface area contributed by atoms with E-state index in [1.165, 1.54) is 6.42 Å². The van der Waals surface area contributed by atoms with E-state index in [2.05, 4.69) is 10.7 Å². The Balaban J connectivity index is 1.81. The Labute approximate surface area is 124 Å². The fraction of sp³-hybridized carbons (Fsp3) is 0.467. The van der Waals surface area contributed by atoms with E-state index in [-0.39, 0.29) is 18.4 Å².